The average Bonchev–Trinajstić information content (AvgIpc) is 2.95. The summed E-state index contributed by atoms with van der Waals surface area (Å²) >= 11 is 1.84. The molecule has 2 nitrogen and oxygen atoms in total. The molecule has 0 aliphatic rings. The Morgan fingerprint density at radius 1 is 1.41 bits per heavy atom. The number of furan rings is 1. The summed E-state index contributed by atoms with van der Waals surface area (Å²) in [6, 6.07) is 6.64. The second-order valence-electron chi connectivity index (χ2n) is 4.20. The van der Waals surface area contributed by atoms with Crippen molar-refractivity contribution in [1.29, 1.82) is 0 Å². The minimum Gasteiger partial charge on any atom is -0.469 e. The van der Waals surface area contributed by atoms with Crippen molar-refractivity contribution in [2.24, 2.45) is 0 Å². The summed E-state index contributed by atoms with van der Waals surface area (Å²) in [5, 5.41) is 5.73. The standard InChI is InChI=1S/C14H19NOS/c1-3-15-13(14-11(2)8-10-17-14)7-6-12-5-4-9-16-12/h4-5,8-10,13,15H,3,6-7H2,1-2H3. The van der Waals surface area contributed by atoms with E-state index in [1.807, 2.05) is 23.5 Å². The third-order valence-corrected chi connectivity index (χ3v) is 4.06. The second kappa shape index (κ2) is 6.03. The molecule has 0 saturated carbocycles. The highest BCUT2D eigenvalue weighted by molar-refractivity contribution is 7.10. The summed E-state index contributed by atoms with van der Waals surface area (Å²) in [6.45, 7) is 5.34. The first-order valence-electron chi connectivity index (χ1n) is 6.11. The van der Waals surface area contributed by atoms with Crippen LogP contribution in [0.3, 0.4) is 0 Å². The molecule has 1 N–H and O–H groups in total. The molecule has 0 aromatic carbocycles. The molecular weight excluding hydrogens is 230 g/mol. The van der Waals surface area contributed by atoms with Gasteiger partial charge in [-0.3, -0.25) is 0 Å². The molecule has 0 spiro atoms. The van der Waals surface area contributed by atoms with E-state index in [0.29, 0.717) is 6.04 Å². The maximum atomic E-state index is 5.39. The van der Waals surface area contributed by atoms with Crippen LogP contribution in [0.1, 0.15) is 35.6 Å². The lowest BCUT2D eigenvalue weighted by Crippen LogP contribution is -2.21. The van der Waals surface area contributed by atoms with Crippen LogP contribution < -0.4 is 5.32 Å². The van der Waals surface area contributed by atoms with E-state index in [0.717, 1.165) is 25.1 Å². The lowest BCUT2D eigenvalue weighted by Gasteiger charge is -2.17. The Balaban J connectivity index is 2.00. The number of aryl methyl sites for hydroxylation is 2. The number of hydrogen-bond donors (Lipinski definition) is 1. The van der Waals surface area contributed by atoms with Gasteiger partial charge in [-0.05, 0) is 49.0 Å². The van der Waals surface area contributed by atoms with Gasteiger partial charge in [0.15, 0.2) is 0 Å². The van der Waals surface area contributed by atoms with Crippen LogP contribution in [-0.2, 0) is 6.42 Å². The van der Waals surface area contributed by atoms with Gasteiger partial charge in [-0.2, -0.15) is 0 Å². The lowest BCUT2D eigenvalue weighted by atomic mass is 10.1. The SMILES string of the molecule is CCNC(CCc1ccco1)c1sccc1C. The Kier molecular flexibility index (Phi) is 4.40. The van der Waals surface area contributed by atoms with Crippen molar-refractivity contribution in [2.75, 3.05) is 6.54 Å². The minimum atomic E-state index is 0.449. The number of thiophene rings is 1. The molecule has 0 aliphatic carbocycles. The summed E-state index contributed by atoms with van der Waals surface area (Å²) in [5.41, 5.74) is 1.39. The van der Waals surface area contributed by atoms with Gasteiger partial charge in [0.05, 0.1) is 6.26 Å². The van der Waals surface area contributed by atoms with Crippen LogP contribution in [0.15, 0.2) is 34.3 Å². The molecule has 0 saturated heterocycles. The highest BCUT2D eigenvalue weighted by atomic mass is 32.1. The predicted molar refractivity (Wildman–Crippen MR) is 72.5 cm³/mol. The molecule has 92 valence electrons. The fourth-order valence-corrected chi connectivity index (χ4v) is 3.09. The van der Waals surface area contributed by atoms with E-state index in [1.54, 1.807) is 6.26 Å². The first-order chi connectivity index (χ1) is 8.31. The molecule has 1 unspecified atom stereocenters. The highest BCUT2D eigenvalue weighted by Gasteiger charge is 2.14. The van der Waals surface area contributed by atoms with Crippen LogP contribution in [0.2, 0.25) is 0 Å². The van der Waals surface area contributed by atoms with E-state index in [1.165, 1.54) is 10.4 Å². The van der Waals surface area contributed by atoms with Crippen molar-refractivity contribution in [3.8, 4) is 0 Å². The molecule has 2 aromatic rings. The van der Waals surface area contributed by atoms with Gasteiger partial charge in [0.1, 0.15) is 5.76 Å². The molecule has 3 heteroatoms. The Labute approximate surface area is 107 Å². The van der Waals surface area contributed by atoms with Crippen molar-refractivity contribution in [2.45, 2.75) is 32.7 Å². The summed E-state index contributed by atoms with van der Waals surface area (Å²) in [6.07, 6.45) is 3.82. The van der Waals surface area contributed by atoms with Crippen LogP contribution in [0.4, 0.5) is 0 Å². The fourth-order valence-electron chi connectivity index (χ4n) is 2.06. The van der Waals surface area contributed by atoms with E-state index in [2.05, 4.69) is 30.6 Å². The van der Waals surface area contributed by atoms with Crippen LogP contribution >= 0.6 is 11.3 Å². The molecule has 2 rings (SSSR count). The number of nitrogens with one attached hydrogen (secondary N) is 1. The van der Waals surface area contributed by atoms with Crippen LogP contribution in [0, 0.1) is 6.92 Å². The van der Waals surface area contributed by atoms with E-state index in [9.17, 15) is 0 Å². The van der Waals surface area contributed by atoms with Gasteiger partial charge < -0.3 is 9.73 Å². The fraction of sp³-hybridized carbons (Fsp3) is 0.429. The smallest absolute Gasteiger partial charge is 0.103 e. The monoisotopic (exact) mass is 249 g/mol. The van der Waals surface area contributed by atoms with E-state index in [4.69, 9.17) is 4.42 Å². The Bertz CT molecular complexity index is 433. The first kappa shape index (κ1) is 12.4. The molecule has 17 heavy (non-hydrogen) atoms. The van der Waals surface area contributed by atoms with E-state index in [-0.39, 0.29) is 0 Å². The lowest BCUT2D eigenvalue weighted by molar-refractivity contribution is 0.461. The van der Waals surface area contributed by atoms with Crippen molar-refractivity contribution < 1.29 is 4.42 Å². The van der Waals surface area contributed by atoms with Gasteiger partial charge in [0.25, 0.3) is 0 Å². The zero-order valence-electron chi connectivity index (χ0n) is 10.4. The largest absolute Gasteiger partial charge is 0.469 e. The summed E-state index contributed by atoms with van der Waals surface area (Å²) in [5.74, 6) is 1.07. The molecule has 0 bridgehead atoms. The Morgan fingerprint density at radius 2 is 2.29 bits per heavy atom. The van der Waals surface area contributed by atoms with Crippen molar-refractivity contribution in [1.82, 2.24) is 5.32 Å². The molecule has 2 aromatic heterocycles. The van der Waals surface area contributed by atoms with Crippen molar-refractivity contribution in [3.63, 3.8) is 0 Å². The van der Waals surface area contributed by atoms with Gasteiger partial charge in [-0.25, -0.2) is 0 Å². The number of rotatable bonds is 6. The molecule has 0 aliphatic heterocycles. The zero-order valence-corrected chi connectivity index (χ0v) is 11.2. The van der Waals surface area contributed by atoms with Crippen LogP contribution in [0.25, 0.3) is 0 Å². The van der Waals surface area contributed by atoms with Gasteiger partial charge in [0.2, 0.25) is 0 Å². The van der Waals surface area contributed by atoms with Gasteiger partial charge in [-0.15, -0.1) is 11.3 Å². The predicted octanol–water partition coefficient (Wildman–Crippen LogP) is 3.93. The Hall–Kier alpha value is -1.06. The topological polar surface area (TPSA) is 25.2 Å². The van der Waals surface area contributed by atoms with Gasteiger partial charge in [-0.1, -0.05) is 6.92 Å². The van der Waals surface area contributed by atoms with Crippen molar-refractivity contribution >= 4 is 11.3 Å². The molecule has 0 amide bonds. The van der Waals surface area contributed by atoms with E-state index >= 15 is 0 Å². The third-order valence-electron chi connectivity index (χ3n) is 2.93. The van der Waals surface area contributed by atoms with Gasteiger partial charge in [0, 0.05) is 17.3 Å². The average molecular weight is 249 g/mol. The first-order valence-corrected chi connectivity index (χ1v) is 6.99. The summed E-state index contributed by atoms with van der Waals surface area (Å²) in [4.78, 5) is 1.46. The number of hydrogen-bond acceptors (Lipinski definition) is 3. The summed E-state index contributed by atoms with van der Waals surface area (Å²) in [7, 11) is 0. The summed E-state index contributed by atoms with van der Waals surface area (Å²) < 4.78 is 5.39. The molecule has 0 fully saturated rings. The van der Waals surface area contributed by atoms with E-state index < -0.39 is 0 Å². The molecule has 1 atom stereocenters. The molecule has 0 radical (unpaired) electrons. The van der Waals surface area contributed by atoms with Gasteiger partial charge >= 0.3 is 0 Å². The quantitative estimate of drug-likeness (QED) is 0.839. The normalized spacial score (nSPS) is 12.8. The molecular formula is C14H19NOS. The molecule has 2 heterocycles. The van der Waals surface area contributed by atoms with Crippen LogP contribution in [0.5, 0.6) is 0 Å². The third kappa shape index (κ3) is 3.20. The second-order valence-corrected chi connectivity index (χ2v) is 5.14. The minimum absolute atomic E-state index is 0.449. The maximum Gasteiger partial charge on any atom is 0.103 e. The van der Waals surface area contributed by atoms with Crippen LogP contribution in [-0.4, -0.2) is 6.54 Å². The maximum absolute atomic E-state index is 5.39. The highest BCUT2D eigenvalue weighted by Crippen LogP contribution is 2.27. The Morgan fingerprint density at radius 3 is 2.88 bits per heavy atom. The zero-order chi connectivity index (χ0) is 12.1. The van der Waals surface area contributed by atoms with Crippen molar-refractivity contribution in [3.05, 3.63) is 46.0 Å².